The first kappa shape index (κ1) is 11.4. The molecule has 1 aromatic rings. The Morgan fingerprint density at radius 3 is 2.69 bits per heavy atom. The van der Waals surface area contributed by atoms with Crippen LogP contribution in [0.1, 0.15) is 29.7 Å². The average Bonchev–Trinajstić information content (AvgIpc) is 3.04. The average molecular weight is 219 g/mol. The van der Waals surface area contributed by atoms with E-state index in [2.05, 4.69) is 37.2 Å². The number of rotatable bonds is 4. The van der Waals surface area contributed by atoms with Crippen LogP contribution in [-0.4, -0.2) is 25.1 Å². The van der Waals surface area contributed by atoms with Crippen molar-refractivity contribution in [3.8, 4) is 0 Å². The van der Waals surface area contributed by atoms with Gasteiger partial charge >= 0.3 is 0 Å². The van der Waals surface area contributed by atoms with Crippen molar-refractivity contribution >= 4 is 5.82 Å². The molecule has 0 spiro atoms. The van der Waals surface area contributed by atoms with Crippen LogP contribution in [0, 0.1) is 13.8 Å². The fourth-order valence-electron chi connectivity index (χ4n) is 2.17. The van der Waals surface area contributed by atoms with Gasteiger partial charge in [-0.25, -0.2) is 4.98 Å². The Balaban J connectivity index is 2.38. The highest BCUT2D eigenvalue weighted by Crippen LogP contribution is 2.32. The van der Waals surface area contributed by atoms with Crippen LogP contribution < -0.4 is 10.2 Å². The minimum Gasteiger partial charge on any atom is -0.356 e. The van der Waals surface area contributed by atoms with E-state index in [1.165, 1.54) is 24.0 Å². The lowest BCUT2D eigenvalue weighted by Crippen LogP contribution is -2.24. The molecule has 2 rings (SSSR count). The van der Waals surface area contributed by atoms with E-state index in [1.54, 1.807) is 0 Å². The van der Waals surface area contributed by atoms with Crippen molar-refractivity contribution in [2.45, 2.75) is 39.3 Å². The Labute approximate surface area is 97.9 Å². The third-order valence-corrected chi connectivity index (χ3v) is 3.24. The Hall–Kier alpha value is -1.09. The fourth-order valence-corrected chi connectivity index (χ4v) is 2.17. The Bertz CT molecular complexity index is 383. The number of aryl methyl sites for hydroxylation is 2. The number of anilines is 1. The van der Waals surface area contributed by atoms with Crippen LogP contribution in [0.5, 0.6) is 0 Å². The number of nitrogens with one attached hydrogen (secondary N) is 1. The minimum absolute atomic E-state index is 0.712. The molecule has 1 aromatic heterocycles. The van der Waals surface area contributed by atoms with Crippen molar-refractivity contribution in [3.05, 3.63) is 22.9 Å². The first-order chi connectivity index (χ1) is 7.63. The molecule has 0 saturated heterocycles. The zero-order valence-electron chi connectivity index (χ0n) is 10.7. The first-order valence-electron chi connectivity index (χ1n) is 5.98. The number of hydrogen-bond donors (Lipinski definition) is 1. The second-order valence-electron chi connectivity index (χ2n) is 4.76. The van der Waals surface area contributed by atoms with Crippen LogP contribution in [0.25, 0.3) is 0 Å². The molecular formula is C13H21N3. The summed E-state index contributed by atoms with van der Waals surface area (Å²) in [7, 11) is 4.15. The van der Waals surface area contributed by atoms with Crippen LogP contribution in [0.3, 0.4) is 0 Å². The number of hydrogen-bond acceptors (Lipinski definition) is 3. The van der Waals surface area contributed by atoms with Crippen molar-refractivity contribution < 1.29 is 0 Å². The minimum atomic E-state index is 0.712. The maximum atomic E-state index is 4.70. The quantitative estimate of drug-likeness (QED) is 0.839. The summed E-state index contributed by atoms with van der Waals surface area (Å²) in [5.74, 6) is 1.16. The Morgan fingerprint density at radius 1 is 1.44 bits per heavy atom. The molecule has 1 aliphatic rings. The Kier molecular flexibility index (Phi) is 3.15. The fraction of sp³-hybridized carbons (Fsp3) is 0.615. The standard InChI is InChI=1S/C13H21N3/c1-9-7-10(2)15-13(12(9)8-14-3)16(4)11-5-6-11/h7,11,14H,5-6,8H2,1-4H3. The molecule has 0 amide bonds. The molecule has 1 aliphatic carbocycles. The molecule has 0 aromatic carbocycles. The molecular weight excluding hydrogens is 198 g/mol. The van der Waals surface area contributed by atoms with Gasteiger partial charge in [0.25, 0.3) is 0 Å². The van der Waals surface area contributed by atoms with Gasteiger partial charge < -0.3 is 10.2 Å². The van der Waals surface area contributed by atoms with E-state index in [1.807, 2.05) is 7.05 Å². The summed E-state index contributed by atoms with van der Waals surface area (Å²) >= 11 is 0. The van der Waals surface area contributed by atoms with Gasteiger partial charge in [-0.2, -0.15) is 0 Å². The van der Waals surface area contributed by atoms with Gasteiger partial charge in [0, 0.05) is 30.9 Å². The maximum Gasteiger partial charge on any atom is 0.133 e. The van der Waals surface area contributed by atoms with E-state index in [4.69, 9.17) is 4.98 Å². The molecule has 1 heterocycles. The van der Waals surface area contributed by atoms with E-state index < -0.39 is 0 Å². The number of aromatic nitrogens is 1. The summed E-state index contributed by atoms with van der Waals surface area (Å²) in [6.07, 6.45) is 2.62. The van der Waals surface area contributed by atoms with E-state index in [0.29, 0.717) is 6.04 Å². The highest BCUT2D eigenvalue weighted by Gasteiger charge is 2.28. The second kappa shape index (κ2) is 4.42. The first-order valence-corrected chi connectivity index (χ1v) is 5.98. The molecule has 0 radical (unpaired) electrons. The highest BCUT2D eigenvalue weighted by atomic mass is 15.2. The third kappa shape index (κ3) is 2.19. The predicted octanol–water partition coefficient (Wildman–Crippen LogP) is 2.02. The Morgan fingerprint density at radius 2 is 2.12 bits per heavy atom. The lowest BCUT2D eigenvalue weighted by atomic mass is 10.1. The molecule has 0 atom stereocenters. The van der Waals surface area contributed by atoms with Crippen LogP contribution in [-0.2, 0) is 6.54 Å². The third-order valence-electron chi connectivity index (χ3n) is 3.24. The van der Waals surface area contributed by atoms with Gasteiger partial charge in [0.2, 0.25) is 0 Å². The SMILES string of the molecule is CNCc1c(C)cc(C)nc1N(C)C1CC1. The van der Waals surface area contributed by atoms with E-state index in [9.17, 15) is 0 Å². The van der Waals surface area contributed by atoms with Gasteiger partial charge in [-0.3, -0.25) is 0 Å². The van der Waals surface area contributed by atoms with E-state index in [0.717, 1.165) is 18.1 Å². The lowest BCUT2D eigenvalue weighted by Gasteiger charge is -2.22. The molecule has 0 aliphatic heterocycles. The van der Waals surface area contributed by atoms with Gasteiger partial charge in [-0.05, 0) is 45.4 Å². The molecule has 0 unspecified atom stereocenters. The van der Waals surface area contributed by atoms with Crippen molar-refractivity contribution in [2.75, 3.05) is 19.0 Å². The largest absolute Gasteiger partial charge is 0.356 e. The zero-order valence-corrected chi connectivity index (χ0v) is 10.7. The van der Waals surface area contributed by atoms with E-state index in [-0.39, 0.29) is 0 Å². The van der Waals surface area contributed by atoms with Gasteiger partial charge in [0.1, 0.15) is 5.82 Å². The smallest absolute Gasteiger partial charge is 0.133 e. The molecule has 0 bridgehead atoms. The maximum absolute atomic E-state index is 4.70. The van der Waals surface area contributed by atoms with Crippen molar-refractivity contribution in [3.63, 3.8) is 0 Å². The van der Waals surface area contributed by atoms with Crippen molar-refractivity contribution in [1.29, 1.82) is 0 Å². The predicted molar refractivity (Wildman–Crippen MR) is 67.9 cm³/mol. The molecule has 1 saturated carbocycles. The lowest BCUT2D eigenvalue weighted by molar-refractivity contribution is 0.785. The summed E-state index contributed by atoms with van der Waals surface area (Å²) in [5.41, 5.74) is 3.78. The van der Waals surface area contributed by atoms with Gasteiger partial charge in [0.15, 0.2) is 0 Å². The van der Waals surface area contributed by atoms with Gasteiger partial charge in [-0.15, -0.1) is 0 Å². The summed E-state index contributed by atoms with van der Waals surface area (Å²) in [5, 5.41) is 3.23. The van der Waals surface area contributed by atoms with Gasteiger partial charge in [0.05, 0.1) is 0 Å². The van der Waals surface area contributed by atoms with Gasteiger partial charge in [-0.1, -0.05) is 0 Å². The molecule has 16 heavy (non-hydrogen) atoms. The van der Waals surface area contributed by atoms with Crippen LogP contribution in [0.4, 0.5) is 5.82 Å². The summed E-state index contributed by atoms with van der Waals surface area (Å²) in [6.45, 7) is 5.14. The molecule has 1 N–H and O–H groups in total. The summed E-state index contributed by atoms with van der Waals surface area (Å²) < 4.78 is 0. The van der Waals surface area contributed by atoms with Crippen molar-refractivity contribution in [1.82, 2.24) is 10.3 Å². The molecule has 88 valence electrons. The molecule has 1 fully saturated rings. The van der Waals surface area contributed by atoms with E-state index >= 15 is 0 Å². The highest BCUT2D eigenvalue weighted by molar-refractivity contribution is 5.52. The number of nitrogens with zero attached hydrogens (tertiary/aromatic N) is 2. The number of pyridine rings is 1. The van der Waals surface area contributed by atoms with Crippen LogP contribution in [0.2, 0.25) is 0 Å². The monoisotopic (exact) mass is 219 g/mol. The normalized spacial score (nSPS) is 15.2. The summed E-state index contributed by atoms with van der Waals surface area (Å²) in [4.78, 5) is 7.04. The molecule has 3 heteroatoms. The summed E-state index contributed by atoms with van der Waals surface area (Å²) in [6, 6.07) is 2.88. The second-order valence-corrected chi connectivity index (χ2v) is 4.76. The zero-order chi connectivity index (χ0) is 11.7. The van der Waals surface area contributed by atoms with Crippen molar-refractivity contribution in [2.24, 2.45) is 0 Å². The van der Waals surface area contributed by atoms with Crippen LogP contribution >= 0.6 is 0 Å². The molecule has 3 nitrogen and oxygen atoms in total. The topological polar surface area (TPSA) is 28.2 Å². The van der Waals surface area contributed by atoms with Crippen LogP contribution in [0.15, 0.2) is 6.07 Å².